The molecular formula is C14H21N3O2. The van der Waals surface area contributed by atoms with Gasteiger partial charge in [0.05, 0.1) is 17.3 Å². The maximum Gasteiger partial charge on any atom is 0.308 e. The lowest BCUT2D eigenvalue weighted by Gasteiger charge is -2.29. The Morgan fingerprint density at radius 1 is 1.53 bits per heavy atom. The first-order chi connectivity index (χ1) is 9.06. The highest BCUT2D eigenvalue weighted by Gasteiger charge is 2.50. The van der Waals surface area contributed by atoms with E-state index < -0.39 is 5.97 Å². The number of hydrogen-bond donors (Lipinski definition) is 2. The third kappa shape index (κ3) is 2.16. The Morgan fingerprint density at radius 2 is 2.26 bits per heavy atom. The molecule has 0 saturated heterocycles. The lowest BCUT2D eigenvalue weighted by molar-refractivity contribution is -0.144. The molecule has 2 bridgehead atoms. The third-order valence-corrected chi connectivity index (χ3v) is 4.82. The standard InChI is InChI=1S/C14H21N3O2/c1-8-5-11(17(2)16-8)7-15-13-10-4-3-9(6-10)12(13)14(18)19/h5,9-10,12-13,15H,3-4,6-7H2,1-2H3,(H,18,19). The van der Waals surface area contributed by atoms with Crippen LogP contribution in [0, 0.1) is 24.7 Å². The van der Waals surface area contributed by atoms with E-state index in [1.807, 2.05) is 18.7 Å². The van der Waals surface area contributed by atoms with E-state index in [1.54, 1.807) is 0 Å². The molecule has 2 aliphatic carbocycles. The molecule has 4 atom stereocenters. The number of rotatable bonds is 4. The molecule has 3 rings (SSSR count). The Hall–Kier alpha value is -1.36. The Balaban J connectivity index is 1.69. The van der Waals surface area contributed by atoms with Crippen LogP contribution in [0.15, 0.2) is 6.07 Å². The fourth-order valence-electron chi connectivity index (χ4n) is 3.99. The van der Waals surface area contributed by atoms with Crippen LogP contribution in [0.1, 0.15) is 30.7 Å². The Bertz CT molecular complexity index is 497. The van der Waals surface area contributed by atoms with Crippen molar-refractivity contribution in [1.82, 2.24) is 15.1 Å². The maximum atomic E-state index is 11.4. The van der Waals surface area contributed by atoms with E-state index in [9.17, 15) is 9.90 Å². The minimum atomic E-state index is -0.633. The van der Waals surface area contributed by atoms with Gasteiger partial charge in [-0.1, -0.05) is 0 Å². The summed E-state index contributed by atoms with van der Waals surface area (Å²) in [6.45, 7) is 2.68. The van der Waals surface area contributed by atoms with Gasteiger partial charge >= 0.3 is 5.97 Å². The first-order valence-corrected chi connectivity index (χ1v) is 7.02. The molecule has 0 aromatic carbocycles. The van der Waals surface area contributed by atoms with Crippen molar-refractivity contribution < 1.29 is 9.90 Å². The van der Waals surface area contributed by atoms with E-state index in [-0.39, 0.29) is 12.0 Å². The molecule has 0 spiro atoms. The predicted molar refractivity (Wildman–Crippen MR) is 70.5 cm³/mol. The third-order valence-electron chi connectivity index (χ3n) is 4.82. The summed E-state index contributed by atoms with van der Waals surface area (Å²) in [7, 11) is 1.93. The molecule has 2 saturated carbocycles. The second-order valence-electron chi connectivity index (χ2n) is 6.00. The number of fused-ring (bicyclic) bond motifs is 2. The van der Waals surface area contributed by atoms with Crippen LogP contribution < -0.4 is 5.32 Å². The second-order valence-corrected chi connectivity index (χ2v) is 6.00. The van der Waals surface area contributed by atoms with E-state index in [2.05, 4.69) is 16.5 Å². The van der Waals surface area contributed by atoms with Gasteiger partial charge in [-0.25, -0.2) is 0 Å². The van der Waals surface area contributed by atoms with Gasteiger partial charge in [0.25, 0.3) is 0 Å². The molecule has 5 nitrogen and oxygen atoms in total. The topological polar surface area (TPSA) is 67.2 Å². The molecular weight excluding hydrogens is 242 g/mol. The molecule has 4 unspecified atom stereocenters. The Morgan fingerprint density at radius 3 is 2.89 bits per heavy atom. The molecule has 0 amide bonds. The monoisotopic (exact) mass is 263 g/mol. The van der Waals surface area contributed by atoms with Crippen molar-refractivity contribution in [3.05, 3.63) is 17.5 Å². The number of hydrogen-bond acceptors (Lipinski definition) is 3. The van der Waals surface area contributed by atoms with Gasteiger partial charge < -0.3 is 10.4 Å². The summed E-state index contributed by atoms with van der Waals surface area (Å²) in [6.07, 6.45) is 3.35. The SMILES string of the molecule is Cc1cc(CNC2C3CCC(C3)C2C(=O)O)n(C)n1. The fraction of sp³-hybridized carbons (Fsp3) is 0.714. The summed E-state index contributed by atoms with van der Waals surface area (Å²) >= 11 is 0. The maximum absolute atomic E-state index is 11.4. The molecule has 1 heterocycles. The average Bonchev–Trinajstić information content (AvgIpc) is 3.00. The quantitative estimate of drug-likeness (QED) is 0.859. The van der Waals surface area contributed by atoms with Gasteiger partial charge in [0, 0.05) is 19.6 Å². The van der Waals surface area contributed by atoms with E-state index in [0.29, 0.717) is 18.4 Å². The summed E-state index contributed by atoms with van der Waals surface area (Å²) < 4.78 is 1.87. The van der Waals surface area contributed by atoms with E-state index >= 15 is 0 Å². The normalized spacial score (nSPS) is 32.9. The van der Waals surface area contributed by atoms with Crippen LogP contribution in [-0.2, 0) is 18.4 Å². The van der Waals surface area contributed by atoms with Gasteiger partial charge in [-0.2, -0.15) is 5.10 Å². The average molecular weight is 263 g/mol. The number of aliphatic carboxylic acids is 1. The van der Waals surface area contributed by atoms with E-state index in [4.69, 9.17) is 0 Å². The lowest BCUT2D eigenvalue weighted by atomic mass is 9.84. The van der Waals surface area contributed by atoms with Crippen molar-refractivity contribution in [2.24, 2.45) is 24.8 Å². The van der Waals surface area contributed by atoms with Crippen LogP contribution in [0.25, 0.3) is 0 Å². The number of carbonyl (C=O) groups is 1. The zero-order valence-electron chi connectivity index (χ0n) is 11.5. The first kappa shape index (κ1) is 12.7. The van der Waals surface area contributed by atoms with Crippen LogP contribution in [-0.4, -0.2) is 26.9 Å². The Kier molecular flexibility index (Phi) is 3.09. The molecule has 1 aromatic heterocycles. The first-order valence-electron chi connectivity index (χ1n) is 7.02. The molecule has 19 heavy (non-hydrogen) atoms. The largest absolute Gasteiger partial charge is 0.481 e. The van der Waals surface area contributed by atoms with Crippen LogP contribution in [0.5, 0.6) is 0 Å². The Labute approximate surface area is 113 Å². The minimum Gasteiger partial charge on any atom is -0.481 e. The molecule has 0 aliphatic heterocycles. The van der Waals surface area contributed by atoms with Crippen LogP contribution in [0.3, 0.4) is 0 Å². The van der Waals surface area contributed by atoms with Crippen molar-refractivity contribution in [2.45, 2.75) is 38.8 Å². The van der Waals surface area contributed by atoms with Crippen molar-refractivity contribution in [3.63, 3.8) is 0 Å². The highest BCUT2D eigenvalue weighted by atomic mass is 16.4. The number of nitrogens with zero attached hydrogens (tertiary/aromatic N) is 2. The summed E-state index contributed by atoms with van der Waals surface area (Å²) in [6, 6.07) is 2.18. The van der Waals surface area contributed by atoms with Crippen LogP contribution >= 0.6 is 0 Å². The number of aryl methyl sites for hydroxylation is 2. The van der Waals surface area contributed by atoms with E-state index in [0.717, 1.165) is 24.2 Å². The summed E-state index contributed by atoms with van der Waals surface area (Å²) in [4.78, 5) is 11.4. The number of nitrogens with one attached hydrogen (secondary N) is 1. The van der Waals surface area contributed by atoms with Gasteiger partial charge in [-0.3, -0.25) is 9.48 Å². The van der Waals surface area contributed by atoms with E-state index in [1.165, 1.54) is 6.42 Å². The number of aromatic nitrogens is 2. The van der Waals surface area contributed by atoms with Crippen molar-refractivity contribution >= 4 is 5.97 Å². The van der Waals surface area contributed by atoms with Crippen molar-refractivity contribution in [3.8, 4) is 0 Å². The second kappa shape index (κ2) is 4.63. The molecule has 1 aromatic rings. The molecule has 2 aliphatic rings. The van der Waals surface area contributed by atoms with Gasteiger partial charge in [-0.15, -0.1) is 0 Å². The minimum absolute atomic E-state index is 0.131. The summed E-state index contributed by atoms with van der Waals surface area (Å²) in [5.74, 6) is 0.0904. The van der Waals surface area contributed by atoms with Crippen LogP contribution in [0.4, 0.5) is 0 Å². The van der Waals surface area contributed by atoms with Gasteiger partial charge in [0.2, 0.25) is 0 Å². The highest BCUT2D eigenvalue weighted by molar-refractivity contribution is 5.72. The molecule has 0 radical (unpaired) electrons. The molecule has 5 heteroatoms. The smallest absolute Gasteiger partial charge is 0.308 e. The predicted octanol–water partition coefficient (Wildman–Crippen LogP) is 1.32. The lowest BCUT2D eigenvalue weighted by Crippen LogP contribution is -2.44. The summed E-state index contributed by atoms with van der Waals surface area (Å²) in [5.41, 5.74) is 2.12. The number of carboxylic acid groups (broad SMARTS) is 1. The van der Waals surface area contributed by atoms with Crippen molar-refractivity contribution in [2.75, 3.05) is 0 Å². The fourth-order valence-corrected chi connectivity index (χ4v) is 3.99. The van der Waals surface area contributed by atoms with Gasteiger partial charge in [-0.05, 0) is 44.1 Å². The van der Waals surface area contributed by atoms with Crippen LogP contribution in [0.2, 0.25) is 0 Å². The summed E-state index contributed by atoms with van der Waals surface area (Å²) in [5, 5.41) is 17.2. The van der Waals surface area contributed by atoms with Gasteiger partial charge in [0.1, 0.15) is 0 Å². The molecule has 104 valence electrons. The van der Waals surface area contributed by atoms with Gasteiger partial charge in [0.15, 0.2) is 0 Å². The molecule has 2 N–H and O–H groups in total. The van der Waals surface area contributed by atoms with Crippen molar-refractivity contribution in [1.29, 1.82) is 0 Å². The molecule has 2 fully saturated rings. The zero-order chi connectivity index (χ0) is 13.6. The highest BCUT2D eigenvalue weighted by Crippen LogP contribution is 2.48. The zero-order valence-corrected chi connectivity index (χ0v) is 11.5. The number of carboxylic acids is 1.